The third-order valence-corrected chi connectivity index (χ3v) is 4.98. The maximum atomic E-state index is 5.54. The van der Waals surface area contributed by atoms with Gasteiger partial charge in [-0.3, -0.25) is 0 Å². The van der Waals surface area contributed by atoms with Gasteiger partial charge in [-0.05, 0) is 69.0 Å². The van der Waals surface area contributed by atoms with Crippen LogP contribution in [0.4, 0.5) is 0 Å². The number of nitrogens with one attached hydrogen (secondary N) is 1. The molecule has 2 unspecified atom stereocenters. The molecule has 1 N–H and O–H groups in total. The normalized spacial score (nSPS) is 25.9. The Morgan fingerprint density at radius 2 is 1.95 bits per heavy atom. The molecule has 0 spiro atoms. The maximum absolute atomic E-state index is 5.54. The lowest BCUT2D eigenvalue weighted by molar-refractivity contribution is 0.354. The van der Waals surface area contributed by atoms with Crippen molar-refractivity contribution < 1.29 is 4.74 Å². The van der Waals surface area contributed by atoms with E-state index in [9.17, 15) is 0 Å². The molecule has 0 heterocycles. The lowest BCUT2D eigenvalue weighted by Gasteiger charge is -2.21. The molecule has 2 atom stereocenters. The second kappa shape index (κ2) is 6.17. The molecule has 0 saturated heterocycles. The van der Waals surface area contributed by atoms with Crippen molar-refractivity contribution in [2.45, 2.75) is 51.5 Å². The Balaban J connectivity index is 1.64. The van der Waals surface area contributed by atoms with Gasteiger partial charge >= 0.3 is 0 Å². The number of benzene rings is 1. The van der Waals surface area contributed by atoms with Crippen molar-refractivity contribution in [1.29, 1.82) is 0 Å². The molecule has 2 saturated carbocycles. The van der Waals surface area contributed by atoms with Crippen LogP contribution in [0.15, 0.2) is 18.2 Å². The van der Waals surface area contributed by atoms with Crippen LogP contribution in [-0.4, -0.2) is 19.7 Å². The van der Waals surface area contributed by atoms with Gasteiger partial charge in [0.1, 0.15) is 5.75 Å². The third-order valence-electron chi connectivity index (χ3n) is 4.98. The molecule has 2 aliphatic carbocycles. The summed E-state index contributed by atoms with van der Waals surface area (Å²) >= 11 is 0. The predicted molar refractivity (Wildman–Crippen MR) is 83.3 cm³/mol. The smallest absolute Gasteiger partial charge is 0.122 e. The monoisotopic (exact) mass is 273 g/mol. The summed E-state index contributed by atoms with van der Waals surface area (Å²) in [6, 6.07) is 7.41. The molecule has 0 bridgehead atoms. The van der Waals surface area contributed by atoms with Crippen LogP contribution in [0.25, 0.3) is 0 Å². The summed E-state index contributed by atoms with van der Waals surface area (Å²) < 4.78 is 5.54. The second-order valence-corrected chi connectivity index (χ2v) is 6.65. The van der Waals surface area contributed by atoms with Gasteiger partial charge in [0, 0.05) is 6.04 Å². The zero-order valence-electron chi connectivity index (χ0n) is 12.8. The molecule has 2 nitrogen and oxygen atoms in total. The summed E-state index contributed by atoms with van der Waals surface area (Å²) in [5.74, 6) is 2.76. The van der Waals surface area contributed by atoms with Gasteiger partial charge in [0.05, 0.1) is 7.11 Å². The van der Waals surface area contributed by atoms with Gasteiger partial charge < -0.3 is 10.1 Å². The van der Waals surface area contributed by atoms with Gasteiger partial charge in [-0.2, -0.15) is 0 Å². The first-order valence-corrected chi connectivity index (χ1v) is 8.13. The van der Waals surface area contributed by atoms with Crippen molar-refractivity contribution in [3.63, 3.8) is 0 Å². The lowest BCUT2D eigenvalue weighted by atomic mass is 9.88. The molecule has 0 aliphatic heterocycles. The lowest BCUT2D eigenvalue weighted by Crippen LogP contribution is -2.27. The van der Waals surface area contributed by atoms with Crippen LogP contribution in [0.3, 0.4) is 0 Å². The average molecular weight is 273 g/mol. The topological polar surface area (TPSA) is 21.3 Å². The van der Waals surface area contributed by atoms with Crippen molar-refractivity contribution in [3.05, 3.63) is 29.3 Å². The largest absolute Gasteiger partial charge is 0.496 e. The number of hydrogen-bond donors (Lipinski definition) is 1. The first-order valence-electron chi connectivity index (χ1n) is 8.13. The first-order chi connectivity index (χ1) is 9.76. The number of ether oxygens (including phenoxy) is 1. The molecular formula is C18H27NO. The zero-order chi connectivity index (χ0) is 13.9. The number of methoxy groups -OCH3 is 1. The highest BCUT2D eigenvalue weighted by molar-refractivity contribution is 5.37. The molecule has 0 radical (unpaired) electrons. The van der Waals surface area contributed by atoms with Crippen molar-refractivity contribution in [1.82, 2.24) is 5.32 Å². The molecule has 2 aliphatic rings. The van der Waals surface area contributed by atoms with Crippen LogP contribution < -0.4 is 10.1 Å². The van der Waals surface area contributed by atoms with Crippen LogP contribution in [0.1, 0.15) is 43.2 Å². The fraction of sp³-hybridized carbons (Fsp3) is 0.667. The van der Waals surface area contributed by atoms with Crippen LogP contribution in [-0.2, 0) is 6.42 Å². The second-order valence-electron chi connectivity index (χ2n) is 6.65. The fourth-order valence-electron chi connectivity index (χ4n) is 3.61. The minimum Gasteiger partial charge on any atom is -0.496 e. The molecule has 2 heteroatoms. The Labute approximate surface area is 122 Å². The SMILES string of the molecule is COc1ccc(C)cc1CC1CCCC1CNC1CC1. The number of hydrogen-bond acceptors (Lipinski definition) is 2. The summed E-state index contributed by atoms with van der Waals surface area (Å²) in [5.41, 5.74) is 2.74. The van der Waals surface area contributed by atoms with E-state index in [2.05, 4.69) is 30.4 Å². The Morgan fingerprint density at radius 3 is 2.70 bits per heavy atom. The van der Waals surface area contributed by atoms with E-state index < -0.39 is 0 Å². The summed E-state index contributed by atoms with van der Waals surface area (Å²) in [4.78, 5) is 0. The minimum atomic E-state index is 0.831. The van der Waals surface area contributed by atoms with Crippen molar-refractivity contribution >= 4 is 0 Å². The molecule has 1 aromatic carbocycles. The van der Waals surface area contributed by atoms with Crippen molar-refractivity contribution in [3.8, 4) is 5.75 Å². The summed E-state index contributed by atoms with van der Waals surface area (Å²) in [6.45, 7) is 3.40. The van der Waals surface area contributed by atoms with E-state index in [-0.39, 0.29) is 0 Å². The van der Waals surface area contributed by atoms with Crippen LogP contribution >= 0.6 is 0 Å². The standard InChI is InChI=1S/C18H27NO/c1-13-6-9-18(20-2)16(10-13)11-14-4-3-5-15(14)12-19-17-7-8-17/h6,9-10,14-15,17,19H,3-5,7-8,11-12H2,1-2H3. The maximum Gasteiger partial charge on any atom is 0.122 e. The Morgan fingerprint density at radius 1 is 1.15 bits per heavy atom. The summed E-state index contributed by atoms with van der Waals surface area (Å²) in [5, 5.41) is 3.72. The highest BCUT2D eigenvalue weighted by Gasteiger charge is 2.30. The van der Waals surface area contributed by atoms with Gasteiger partial charge in [0.2, 0.25) is 0 Å². The van der Waals surface area contributed by atoms with E-state index in [1.807, 2.05) is 0 Å². The highest BCUT2D eigenvalue weighted by Crippen LogP contribution is 2.36. The van der Waals surface area contributed by atoms with Crippen LogP contribution in [0.2, 0.25) is 0 Å². The molecule has 2 fully saturated rings. The van der Waals surface area contributed by atoms with Crippen molar-refractivity contribution in [2.75, 3.05) is 13.7 Å². The van der Waals surface area contributed by atoms with E-state index in [1.165, 1.54) is 56.2 Å². The van der Waals surface area contributed by atoms with E-state index >= 15 is 0 Å². The Bertz CT molecular complexity index is 453. The predicted octanol–water partition coefficient (Wildman–Crippen LogP) is 3.71. The van der Waals surface area contributed by atoms with Crippen molar-refractivity contribution in [2.24, 2.45) is 11.8 Å². The highest BCUT2D eigenvalue weighted by atomic mass is 16.5. The number of aryl methyl sites for hydroxylation is 1. The Hall–Kier alpha value is -1.02. The molecule has 20 heavy (non-hydrogen) atoms. The number of rotatable bonds is 6. The first kappa shape index (κ1) is 13.9. The molecule has 0 aromatic heterocycles. The average Bonchev–Trinajstić information content (AvgIpc) is 3.17. The van der Waals surface area contributed by atoms with E-state index in [0.717, 1.165) is 23.6 Å². The quantitative estimate of drug-likeness (QED) is 0.853. The van der Waals surface area contributed by atoms with E-state index in [0.29, 0.717) is 0 Å². The van der Waals surface area contributed by atoms with Crippen LogP contribution in [0, 0.1) is 18.8 Å². The summed E-state index contributed by atoms with van der Waals surface area (Å²) in [6.07, 6.45) is 8.15. The summed E-state index contributed by atoms with van der Waals surface area (Å²) in [7, 11) is 1.79. The third kappa shape index (κ3) is 3.35. The Kier molecular flexibility index (Phi) is 4.30. The zero-order valence-corrected chi connectivity index (χ0v) is 12.8. The fourth-order valence-corrected chi connectivity index (χ4v) is 3.61. The molecule has 3 rings (SSSR count). The molecule has 110 valence electrons. The van der Waals surface area contributed by atoms with Gasteiger partial charge in [-0.1, -0.05) is 24.1 Å². The van der Waals surface area contributed by atoms with E-state index in [4.69, 9.17) is 4.74 Å². The molecule has 1 aromatic rings. The molecular weight excluding hydrogens is 246 g/mol. The van der Waals surface area contributed by atoms with Gasteiger partial charge in [-0.15, -0.1) is 0 Å². The van der Waals surface area contributed by atoms with E-state index in [1.54, 1.807) is 7.11 Å². The van der Waals surface area contributed by atoms with Crippen LogP contribution in [0.5, 0.6) is 5.75 Å². The van der Waals surface area contributed by atoms with Gasteiger partial charge in [-0.25, -0.2) is 0 Å². The molecule has 0 amide bonds. The van der Waals surface area contributed by atoms with Gasteiger partial charge in [0.25, 0.3) is 0 Å². The minimum absolute atomic E-state index is 0.831. The van der Waals surface area contributed by atoms with Gasteiger partial charge in [0.15, 0.2) is 0 Å².